The van der Waals surface area contributed by atoms with Crippen molar-refractivity contribution in [2.75, 3.05) is 0 Å². The van der Waals surface area contributed by atoms with E-state index >= 15 is 0 Å². The van der Waals surface area contributed by atoms with Gasteiger partial charge in [-0.05, 0) is 30.6 Å². The lowest BCUT2D eigenvalue weighted by atomic mass is 9.76. The van der Waals surface area contributed by atoms with Gasteiger partial charge in [0.2, 0.25) is 11.8 Å². The fraction of sp³-hybridized carbons (Fsp3) is 0.800. The predicted octanol–water partition coefficient (Wildman–Crippen LogP) is 0.137. The molecule has 5 unspecified atom stereocenters. The zero-order valence-corrected chi connectivity index (χ0v) is 8.14. The maximum Gasteiger partial charge on any atom is 0.247 e. The highest BCUT2D eigenvalue weighted by Crippen LogP contribution is 2.57. The largest absolute Gasteiger partial charge is 0.273 e. The van der Waals surface area contributed by atoms with Gasteiger partial charge in [-0.15, -0.1) is 0 Å². The molecule has 0 aromatic heterocycles. The number of hydrogen-bond donors (Lipinski definition) is 1. The molecular formula is C10H14N2O2. The summed E-state index contributed by atoms with van der Waals surface area (Å²) >= 11 is 0. The Morgan fingerprint density at radius 2 is 1.86 bits per heavy atom. The number of hydrazine groups is 1. The molecule has 76 valence electrons. The first kappa shape index (κ1) is 8.41. The van der Waals surface area contributed by atoms with E-state index in [-0.39, 0.29) is 23.7 Å². The normalized spacial score (nSPS) is 50.4. The van der Waals surface area contributed by atoms with Gasteiger partial charge in [-0.1, -0.05) is 6.92 Å². The van der Waals surface area contributed by atoms with Gasteiger partial charge in [-0.2, -0.15) is 0 Å². The standard InChI is InChI=1S/C10H14N2O2/c1-4-2-5-3-6(4)8-7(5)9(13)12(11)10(8)14/h4-8H,2-3,11H2,1H3. The van der Waals surface area contributed by atoms with E-state index in [1.165, 1.54) is 0 Å². The number of carbonyl (C=O) groups is 2. The van der Waals surface area contributed by atoms with E-state index in [9.17, 15) is 9.59 Å². The first-order chi connectivity index (χ1) is 6.61. The quantitative estimate of drug-likeness (QED) is 0.339. The number of amides is 2. The van der Waals surface area contributed by atoms with E-state index < -0.39 is 0 Å². The second kappa shape index (κ2) is 2.37. The van der Waals surface area contributed by atoms with Gasteiger partial charge in [-0.25, -0.2) is 10.9 Å². The molecule has 1 saturated heterocycles. The van der Waals surface area contributed by atoms with Crippen LogP contribution in [0, 0.1) is 29.6 Å². The first-order valence-electron chi connectivity index (χ1n) is 5.23. The van der Waals surface area contributed by atoms with Gasteiger partial charge in [0.1, 0.15) is 0 Å². The van der Waals surface area contributed by atoms with Gasteiger partial charge >= 0.3 is 0 Å². The van der Waals surface area contributed by atoms with Crippen molar-refractivity contribution in [3.8, 4) is 0 Å². The molecule has 1 heterocycles. The fourth-order valence-electron chi connectivity index (χ4n) is 3.81. The molecule has 4 nitrogen and oxygen atoms in total. The number of nitrogens with two attached hydrogens (primary N) is 1. The molecule has 5 atom stereocenters. The third-order valence-electron chi connectivity index (χ3n) is 4.38. The first-order valence-corrected chi connectivity index (χ1v) is 5.23. The van der Waals surface area contributed by atoms with Crippen LogP contribution in [-0.4, -0.2) is 16.8 Å². The van der Waals surface area contributed by atoms with Crippen molar-refractivity contribution in [3.63, 3.8) is 0 Å². The lowest BCUT2D eigenvalue weighted by molar-refractivity contribution is -0.141. The lowest BCUT2D eigenvalue weighted by Crippen LogP contribution is -2.38. The molecule has 2 bridgehead atoms. The summed E-state index contributed by atoms with van der Waals surface area (Å²) in [5.74, 6) is 6.43. The molecule has 2 saturated carbocycles. The van der Waals surface area contributed by atoms with Crippen LogP contribution in [0.25, 0.3) is 0 Å². The number of imide groups is 1. The molecular weight excluding hydrogens is 180 g/mol. The molecule has 14 heavy (non-hydrogen) atoms. The van der Waals surface area contributed by atoms with Gasteiger partial charge in [0, 0.05) is 0 Å². The van der Waals surface area contributed by atoms with Crippen molar-refractivity contribution in [1.82, 2.24) is 5.01 Å². The Hall–Kier alpha value is -0.900. The summed E-state index contributed by atoms with van der Waals surface area (Å²) in [6.45, 7) is 2.18. The summed E-state index contributed by atoms with van der Waals surface area (Å²) < 4.78 is 0. The molecule has 3 fully saturated rings. The SMILES string of the molecule is CC1CC2CC1C1C(=O)N(N)C(=O)C21. The summed E-state index contributed by atoms with van der Waals surface area (Å²) in [6.07, 6.45) is 2.15. The van der Waals surface area contributed by atoms with Gasteiger partial charge in [-0.3, -0.25) is 9.59 Å². The van der Waals surface area contributed by atoms with Gasteiger partial charge in [0.15, 0.2) is 0 Å². The Morgan fingerprint density at radius 3 is 2.57 bits per heavy atom. The van der Waals surface area contributed by atoms with Gasteiger partial charge in [0.05, 0.1) is 11.8 Å². The van der Waals surface area contributed by atoms with Gasteiger partial charge < -0.3 is 0 Å². The van der Waals surface area contributed by atoms with E-state index in [2.05, 4.69) is 6.92 Å². The number of carbonyl (C=O) groups excluding carboxylic acids is 2. The Bertz CT molecular complexity index is 328. The minimum atomic E-state index is -0.140. The van der Waals surface area contributed by atoms with Crippen LogP contribution in [0.4, 0.5) is 0 Å². The van der Waals surface area contributed by atoms with Crippen LogP contribution < -0.4 is 5.84 Å². The average Bonchev–Trinajstić information content (AvgIpc) is 2.74. The van der Waals surface area contributed by atoms with Crippen LogP contribution in [0.1, 0.15) is 19.8 Å². The maximum absolute atomic E-state index is 11.7. The average molecular weight is 194 g/mol. The van der Waals surface area contributed by atoms with E-state index in [1.54, 1.807) is 0 Å². The minimum Gasteiger partial charge on any atom is -0.273 e. The van der Waals surface area contributed by atoms with E-state index in [0.29, 0.717) is 17.8 Å². The van der Waals surface area contributed by atoms with E-state index in [0.717, 1.165) is 17.9 Å². The highest BCUT2D eigenvalue weighted by molar-refractivity contribution is 6.05. The molecule has 1 aliphatic heterocycles. The molecule has 2 aliphatic carbocycles. The number of hydrogen-bond acceptors (Lipinski definition) is 3. The van der Waals surface area contributed by atoms with Crippen molar-refractivity contribution in [3.05, 3.63) is 0 Å². The van der Waals surface area contributed by atoms with Gasteiger partial charge in [0.25, 0.3) is 0 Å². The van der Waals surface area contributed by atoms with Crippen LogP contribution in [0.3, 0.4) is 0 Å². The zero-order chi connectivity index (χ0) is 10.0. The monoisotopic (exact) mass is 194 g/mol. The summed E-state index contributed by atoms with van der Waals surface area (Å²) in [5.41, 5.74) is 0. The van der Waals surface area contributed by atoms with Crippen molar-refractivity contribution in [2.24, 2.45) is 35.4 Å². The third-order valence-corrected chi connectivity index (χ3v) is 4.38. The second-order valence-electron chi connectivity index (χ2n) is 4.97. The third kappa shape index (κ3) is 0.741. The number of fused-ring (bicyclic) bond motifs is 5. The number of rotatable bonds is 0. The fourth-order valence-corrected chi connectivity index (χ4v) is 3.81. The van der Waals surface area contributed by atoms with Crippen molar-refractivity contribution < 1.29 is 9.59 Å². The second-order valence-corrected chi connectivity index (χ2v) is 4.97. The zero-order valence-electron chi connectivity index (χ0n) is 8.14. The Kier molecular flexibility index (Phi) is 1.42. The van der Waals surface area contributed by atoms with Crippen molar-refractivity contribution in [2.45, 2.75) is 19.8 Å². The Morgan fingerprint density at radius 1 is 1.21 bits per heavy atom. The van der Waals surface area contributed by atoms with Crippen LogP contribution >= 0.6 is 0 Å². The molecule has 0 aromatic rings. The van der Waals surface area contributed by atoms with E-state index in [4.69, 9.17) is 5.84 Å². The van der Waals surface area contributed by atoms with Crippen LogP contribution in [-0.2, 0) is 9.59 Å². The highest BCUT2D eigenvalue weighted by Gasteiger charge is 2.62. The highest BCUT2D eigenvalue weighted by atomic mass is 16.2. The minimum absolute atomic E-state index is 0.0753. The van der Waals surface area contributed by atoms with E-state index in [1.807, 2.05) is 0 Å². The molecule has 0 spiro atoms. The van der Waals surface area contributed by atoms with Crippen LogP contribution in [0.5, 0.6) is 0 Å². The molecule has 3 aliphatic rings. The topological polar surface area (TPSA) is 63.4 Å². The molecule has 3 rings (SSSR count). The molecule has 4 heteroatoms. The number of nitrogens with zero attached hydrogens (tertiary/aromatic N) is 1. The summed E-state index contributed by atoms with van der Waals surface area (Å²) in [5, 5.41) is 0.854. The van der Waals surface area contributed by atoms with Crippen molar-refractivity contribution >= 4 is 11.8 Å². The lowest BCUT2D eigenvalue weighted by Gasteiger charge is -2.25. The molecule has 2 amide bonds. The summed E-state index contributed by atoms with van der Waals surface area (Å²) in [7, 11) is 0. The maximum atomic E-state index is 11.7. The van der Waals surface area contributed by atoms with Crippen LogP contribution in [0.2, 0.25) is 0 Å². The smallest absolute Gasteiger partial charge is 0.247 e. The Balaban J connectivity index is 2.01. The van der Waals surface area contributed by atoms with Crippen molar-refractivity contribution in [1.29, 1.82) is 0 Å². The molecule has 0 aromatic carbocycles. The Labute approximate surface area is 82.4 Å². The van der Waals surface area contributed by atoms with Crippen LogP contribution in [0.15, 0.2) is 0 Å². The summed E-state index contributed by atoms with van der Waals surface area (Å²) in [4.78, 5) is 23.4. The molecule has 0 radical (unpaired) electrons. The summed E-state index contributed by atoms with van der Waals surface area (Å²) in [6, 6.07) is 0. The predicted molar refractivity (Wildman–Crippen MR) is 48.4 cm³/mol. The molecule has 2 N–H and O–H groups in total.